The molecule has 0 aliphatic rings. The fourth-order valence-electron chi connectivity index (χ4n) is 1.87. The Labute approximate surface area is 115 Å². The van der Waals surface area contributed by atoms with Gasteiger partial charge in [0.25, 0.3) is 0 Å². The number of nitrogens with two attached hydrogens (primary N) is 1. The molecule has 0 bridgehead atoms. The quantitative estimate of drug-likeness (QED) is 0.755. The Balaban J connectivity index is 1.92. The van der Waals surface area contributed by atoms with Crippen LogP contribution < -0.4 is 5.73 Å². The Morgan fingerprint density at radius 3 is 2.50 bits per heavy atom. The smallest absolute Gasteiger partial charge is 0.199 e. The van der Waals surface area contributed by atoms with Crippen molar-refractivity contribution in [2.24, 2.45) is 0 Å². The highest BCUT2D eigenvalue weighted by Gasteiger charge is 2.14. The number of H-pyrrole nitrogens is 1. The third-order valence-corrected chi connectivity index (χ3v) is 3.06. The van der Waals surface area contributed by atoms with Gasteiger partial charge in [-0.1, -0.05) is 38.1 Å². The van der Waals surface area contributed by atoms with Crippen molar-refractivity contribution >= 4 is 5.82 Å². The van der Waals surface area contributed by atoms with Crippen molar-refractivity contribution in [2.45, 2.75) is 19.8 Å². The number of aromatic nitrogens is 5. The average molecular weight is 270 g/mol. The van der Waals surface area contributed by atoms with E-state index in [1.807, 2.05) is 12.1 Å². The lowest BCUT2D eigenvalue weighted by Crippen LogP contribution is -1.90. The zero-order valence-electron chi connectivity index (χ0n) is 11.2. The molecule has 1 aromatic carbocycles. The Hall–Kier alpha value is -2.70. The minimum Gasteiger partial charge on any atom is -0.379 e. The summed E-state index contributed by atoms with van der Waals surface area (Å²) in [6, 6.07) is 8.13. The van der Waals surface area contributed by atoms with Crippen molar-refractivity contribution < 1.29 is 4.63 Å². The van der Waals surface area contributed by atoms with E-state index >= 15 is 0 Å². The summed E-state index contributed by atoms with van der Waals surface area (Å²) in [5.74, 6) is 1.69. The van der Waals surface area contributed by atoms with E-state index < -0.39 is 0 Å². The van der Waals surface area contributed by atoms with Crippen molar-refractivity contribution in [3.05, 3.63) is 29.8 Å². The van der Waals surface area contributed by atoms with E-state index in [-0.39, 0.29) is 5.82 Å². The highest BCUT2D eigenvalue weighted by atomic mass is 16.6. The molecule has 0 amide bonds. The Bertz CT molecular complexity index is 713. The highest BCUT2D eigenvalue weighted by molar-refractivity contribution is 5.65. The summed E-state index contributed by atoms with van der Waals surface area (Å²) in [5, 5.41) is 14.1. The zero-order valence-corrected chi connectivity index (χ0v) is 11.2. The molecule has 102 valence electrons. The molecule has 0 aliphatic carbocycles. The van der Waals surface area contributed by atoms with E-state index in [1.165, 1.54) is 5.56 Å². The molecule has 2 heterocycles. The van der Waals surface area contributed by atoms with Crippen LogP contribution in [-0.2, 0) is 0 Å². The summed E-state index contributed by atoms with van der Waals surface area (Å²) in [6.07, 6.45) is 0. The first kappa shape index (κ1) is 12.3. The number of hydrogen-bond acceptors (Lipinski definition) is 6. The highest BCUT2D eigenvalue weighted by Crippen LogP contribution is 2.23. The van der Waals surface area contributed by atoms with E-state index in [1.54, 1.807) is 0 Å². The van der Waals surface area contributed by atoms with Crippen LogP contribution in [0.15, 0.2) is 28.9 Å². The van der Waals surface area contributed by atoms with Gasteiger partial charge in [0.05, 0.1) is 0 Å². The maximum Gasteiger partial charge on any atom is 0.199 e. The normalized spacial score (nSPS) is 11.2. The summed E-state index contributed by atoms with van der Waals surface area (Å²) in [4.78, 5) is 4.35. The fourth-order valence-corrected chi connectivity index (χ4v) is 1.87. The monoisotopic (exact) mass is 270 g/mol. The number of rotatable bonds is 3. The first-order valence-electron chi connectivity index (χ1n) is 6.26. The SMILES string of the molecule is CC(C)c1ccc(-c2n[nH]c(-c3nonc3N)n2)cc1. The molecule has 3 N–H and O–H groups in total. The van der Waals surface area contributed by atoms with Crippen molar-refractivity contribution in [1.82, 2.24) is 25.5 Å². The molecule has 3 aromatic rings. The van der Waals surface area contributed by atoms with Gasteiger partial charge < -0.3 is 5.73 Å². The van der Waals surface area contributed by atoms with Gasteiger partial charge in [0.15, 0.2) is 23.2 Å². The first-order valence-corrected chi connectivity index (χ1v) is 6.26. The molecular weight excluding hydrogens is 256 g/mol. The van der Waals surface area contributed by atoms with Gasteiger partial charge in [-0.25, -0.2) is 9.61 Å². The number of nitrogens with one attached hydrogen (secondary N) is 1. The maximum atomic E-state index is 5.62. The second kappa shape index (κ2) is 4.76. The Kier molecular flexibility index (Phi) is 2.94. The Morgan fingerprint density at radius 1 is 1.15 bits per heavy atom. The summed E-state index contributed by atoms with van der Waals surface area (Å²) >= 11 is 0. The molecular formula is C13H14N6O. The van der Waals surface area contributed by atoms with Crippen molar-refractivity contribution in [1.29, 1.82) is 0 Å². The maximum absolute atomic E-state index is 5.62. The average Bonchev–Trinajstić information content (AvgIpc) is 3.07. The van der Waals surface area contributed by atoms with Crippen molar-refractivity contribution in [2.75, 3.05) is 5.73 Å². The number of nitrogen functional groups attached to an aromatic ring is 1. The lowest BCUT2D eigenvalue weighted by atomic mass is 10.0. The van der Waals surface area contributed by atoms with E-state index in [2.05, 4.69) is 56.1 Å². The zero-order chi connectivity index (χ0) is 14.1. The topological polar surface area (TPSA) is 107 Å². The van der Waals surface area contributed by atoms with Gasteiger partial charge in [-0.05, 0) is 21.8 Å². The molecule has 0 aliphatic heterocycles. The van der Waals surface area contributed by atoms with E-state index in [9.17, 15) is 0 Å². The fraction of sp³-hybridized carbons (Fsp3) is 0.231. The van der Waals surface area contributed by atoms with Gasteiger partial charge in [0.1, 0.15) is 0 Å². The molecule has 2 aromatic heterocycles. The minimum absolute atomic E-state index is 0.183. The molecule has 0 saturated carbocycles. The van der Waals surface area contributed by atoms with Crippen molar-refractivity contribution in [3.63, 3.8) is 0 Å². The third-order valence-electron chi connectivity index (χ3n) is 3.06. The summed E-state index contributed by atoms with van der Waals surface area (Å²) in [5.41, 5.74) is 8.18. The van der Waals surface area contributed by atoms with Gasteiger partial charge in [-0.2, -0.15) is 5.10 Å². The number of benzene rings is 1. The van der Waals surface area contributed by atoms with Crippen LogP contribution in [0.25, 0.3) is 22.9 Å². The van der Waals surface area contributed by atoms with Crippen molar-refractivity contribution in [3.8, 4) is 22.9 Å². The molecule has 20 heavy (non-hydrogen) atoms. The summed E-state index contributed by atoms with van der Waals surface area (Å²) in [7, 11) is 0. The lowest BCUT2D eigenvalue weighted by molar-refractivity contribution is 0.310. The van der Waals surface area contributed by atoms with E-state index in [4.69, 9.17) is 5.73 Å². The van der Waals surface area contributed by atoms with Gasteiger partial charge in [0.2, 0.25) is 0 Å². The minimum atomic E-state index is 0.183. The molecule has 7 heteroatoms. The van der Waals surface area contributed by atoms with Crippen LogP contribution in [0.5, 0.6) is 0 Å². The molecule has 0 saturated heterocycles. The second-order valence-corrected chi connectivity index (χ2v) is 4.78. The molecule has 0 atom stereocenters. The molecule has 0 fully saturated rings. The van der Waals surface area contributed by atoms with E-state index in [0.717, 1.165) is 5.56 Å². The molecule has 0 radical (unpaired) electrons. The third kappa shape index (κ3) is 2.13. The van der Waals surface area contributed by atoms with Gasteiger partial charge in [-0.3, -0.25) is 5.10 Å². The van der Waals surface area contributed by atoms with Crippen LogP contribution in [0, 0.1) is 0 Å². The van der Waals surface area contributed by atoms with Crippen LogP contribution in [0.4, 0.5) is 5.82 Å². The van der Waals surface area contributed by atoms with E-state index in [0.29, 0.717) is 23.3 Å². The van der Waals surface area contributed by atoms with Crippen LogP contribution in [-0.4, -0.2) is 25.5 Å². The van der Waals surface area contributed by atoms with Gasteiger partial charge in [0, 0.05) is 5.56 Å². The van der Waals surface area contributed by atoms with Crippen LogP contribution in [0.3, 0.4) is 0 Å². The summed E-state index contributed by atoms with van der Waals surface area (Å²) < 4.78 is 4.54. The predicted octanol–water partition coefficient (Wildman–Crippen LogP) is 2.23. The standard InChI is InChI=1S/C13H14N6O/c1-7(2)8-3-5-9(6-4-8)12-15-13(17-16-12)10-11(14)19-20-18-10/h3-7H,1-2H3,(H2,14,19)(H,15,16,17). The molecule has 0 unspecified atom stereocenters. The number of hydrogen-bond donors (Lipinski definition) is 2. The summed E-state index contributed by atoms with van der Waals surface area (Å²) in [6.45, 7) is 4.31. The number of aromatic amines is 1. The molecule has 3 rings (SSSR count). The molecule has 0 spiro atoms. The van der Waals surface area contributed by atoms with Crippen LogP contribution >= 0.6 is 0 Å². The predicted molar refractivity (Wildman–Crippen MR) is 73.6 cm³/mol. The largest absolute Gasteiger partial charge is 0.379 e. The van der Waals surface area contributed by atoms with Crippen LogP contribution in [0.1, 0.15) is 25.3 Å². The Morgan fingerprint density at radius 2 is 1.90 bits per heavy atom. The van der Waals surface area contributed by atoms with Gasteiger partial charge >= 0.3 is 0 Å². The number of nitrogens with zero attached hydrogens (tertiary/aromatic N) is 4. The number of anilines is 1. The van der Waals surface area contributed by atoms with Crippen LogP contribution in [0.2, 0.25) is 0 Å². The lowest BCUT2D eigenvalue weighted by Gasteiger charge is -2.04. The first-order chi connectivity index (χ1) is 9.65. The molecule has 7 nitrogen and oxygen atoms in total. The van der Waals surface area contributed by atoms with Gasteiger partial charge in [-0.15, -0.1) is 0 Å². The second-order valence-electron chi connectivity index (χ2n) is 4.78.